The highest BCUT2D eigenvalue weighted by Crippen LogP contribution is 2.56. The standard InChI is InChI=1S/C20H30BClN2O3/c22-20-11-8-19(9-12-20,10-13-20)16-6-4-15(5-7-16)18(25)24-17(21(26)27)3-1-2-14-23/h4-7,17,26-27H,1-3,8-14,23H2,(H,24,25)/t17-,19?,20?/m0/s1. The van der Waals surface area contributed by atoms with Crippen LogP contribution in [0.4, 0.5) is 0 Å². The van der Waals surface area contributed by atoms with Gasteiger partial charge in [0.2, 0.25) is 0 Å². The number of nitrogens with one attached hydrogen (secondary N) is 1. The van der Waals surface area contributed by atoms with E-state index in [0.717, 1.165) is 51.4 Å². The van der Waals surface area contributed by atoms with Crippen molar-refractivity contribution >= 4 is 24.6 Å². The first-order valence-electron chi connectivity index (χ1n) is 10.0. The molecule has 0 heterocycles. The van der Waals surface area contributed by atoms with Crippen LogP contribution in [-0.2, 0) is 5.41 Å². The van der Waals surface area contributed by atoms with Crippen LogP contribution in [0.1, 0.15) is 73.7 Å². The topological polar surface area (TPSA) is 95.6 Å². The first-order chi connectivity index (χ1) is 12.9. The molecule has 1 atom stereocenters. The zero-order valence-corrected chi connectivity index (χ0v) is 16.5. The van der Waals surface area contributed by atoms with E-state index in [1.807, 2.05) is 12.1 Å². The van der Waals surface area contributed by atoms with Crippen molar-refractivity contribution in [1.82, 2.24) is 5.32 Å². The van der Waals surface area contributed by atoms with Gasteiger partial charge in [-0.25, -0.2) is 0 Å². The predicted molar refractivity (Wildman–Crippen MR) is 109 cm³/mol. The van der Waals surface area contributed by atoms with Gasteiger partial charge in [0.1, 0.15) is 0 Å². The third-order valence-electron chi connectivity index (χ3n) is 6.56. The van der Waals surface area contributed by atoms with Crippen molar-refractivity contribution in [2.75, 3.05) is 6.54 Å². The van der Waals surface area contributed by atoms with Crippen LogP contribution in [0.25, 0.3) is 0 Å². The number of nitrogens with two attached hydrogens (primary N) is 1. The summed E-state index contributed by atoms with van der Waals surface area (Å²) in [5.74, 6) is -0.965. The van der Waals surface area contributed by atoms with Gasteiger partial charge >= 0.3 is 7.12 Å². The summed E-state index contributed by atoms with van der Waals surface area (Å²) in [6.07, 6.45) is 8.55. The Bertz CT molecular complexity index is 629. The summed E-state index contributed by atoms with van der Waals surface area (Å²) >= 11 is 6.63. The van der Waals surface area contributed by atoms with Gasteiger partial charge in [0.05, 0.1) is 5.94 Å². The van der Waals surface area contributed by atoms with Crippen molar-refractivity contribution in [1.29, 1.82) is 0 Å². The van der Waals surface area contributed by atoms with E-state index in [9.17, 15) is 14.8 Å². The maximum atomic E-state index is 12.5. The van der Waals surface area contributed by atoms with Crippen molar-refractivity contribution in [2.24, 2.45) is 5.73 Å². The van der Waals surface area contributed by atoms with Crippen LogP contribution < -0.4 is 11.1 Å². The summed E-state index contributed by atoms with van der Waals surface area (Å²) in [5.41, 5.74) is 7.51. The van der Waals surface area contributed by atoms with Crippen molar-refractivity contribution < 1.29 is 14.8 Å². The van der Waals surface area contributed by atoms with E-state index in [1.165, 1.54) is 5.56 Å². The minimum absolute atomic E-state index is 0.0195. The molecule has 3 fully saturated rings. The van der Waals surface area contributed by atoms with E-state index < -0.39 is 13.1 Å². The van der Waals surface area contributed by atoms with Crippen LogP contribution >= 0.6 is 11.6 Å². The number of rotatable bonds is 8. The number of alkyl halides is 1. The van der Waals surface area contributed by atoms with E-state index >= 15 is 0 Å². The van der Waals surface area contributed by atoms with Gasteiger partial charge in [-0.15, -0.1) is 11.6 Å². The zero-order chi connectivity index (χ0) is 19.5. The molecule has 5 nitrogen and oxygen atoms in total. The average Bonchev–Trinajstić information content (AvgIpc) is 2.68. The molecule has 1 aromatic carbocycles. The van der Waals surface area contributed by atoms with E-state index in [1.54, 1.807) is 0 Å². The largest absolute Gasteiger partial charge is 0.475 e. The fourth-order valence-electron chi connectivity index (χ4n) is 4.60. The number of unbranched alkanes of at least 4 members (excludes halogenated alkanes) is 1. The Kier molecular flexibility index (Phi) is 6.52. The monoisotopic (exact) mass is 392 g/mol. The van der Waals surface area contributed by atoms with Crippen molar-refractivity contribution in [3.63, 3.8) is 0 Å². The first-order valence-corrected chi connectivity index (χ1v) is 10.4. The van der Waals surface area contributed by atoms with Crippen LogP contribution in [-0.4, -0.2) is 40.4 Å². The van der Waals surface area contributed by atoms with Gasteiger partial charge in [0.15, 0.2) is 0 Å². The molecule has 3 aliphatic rings. The van der Waals surface area contributed by atoms with E-state index in [0.29, 0.717) is 18.5 Å². The van der Waals surface area contributed by atoms with E-state index in [-0.39, 0.29) is 16.2 Å². The molecule has 0 spiro atoms. The Morgan fingerprint density at radius 3 is 2.22 bits per heavy atom. The average molecular weight is 393 g/mol. The molecule has 148 valence electrons. The molecule has 0 radical (unpaired) electrons. The first kappa shape index (κ1) is 20.7. The molecular formula is C20H30BClN2O3. The maximum Gasteiger partial charge on any atom is 0.475 e. The summed E-state index contributed by atoms with van der Waals surface area (Å²) < 4.78 is 0. The fourth-order valence-corrected chi connectivity index (χ4v) is 4.89. The molecule has 1 amide bonds. The predicted octanol–water partition coefficient (Wildman–Crippen LogP) is 2.51. The lowest BCUT2D eigenvalue weighted by molar-refractivity contribution is 0.0940. The van der Waals surface area contributed by atoms with Crippen molar-refractivity contribution in [3.8, 4) is 0 Å². The number of hydrogen-bond acceptors (Lipinski definition) is 4. The Labute approximate surface area is 166 Å². The Morgan fingerprint density at radius 2 is 1.70 bits per heavy atom. The molecule has 7 heteroatoms. The lowest BCUT2D eigenvalue weighted by Crippen LogP contribution is -2.46. The lowest BCUT2D eigenvalue weighted by atomic mass is 9.57. The summed E-state index contributed by atoms with van der Waals surface area (Å²) in [6, 6.07) is 7.80. The molecular weight excluding hydrogens is 362 g/mol. The fraction of sp³-hybridized carbons (Fsp3) is 0.650. The maximum absolute atomic E-state index is 12.5. The summed E-state index contributed by atoms with van der Waals surface area (Å²) in [6.45, 7) is 0.552. The molecule has 1 aromatic rings. The van der Waals surface area contributed by atoms with Crippen LogP contribution in [0.2, 0.25) is 0 Å². The summed E-state index contributed by atoms with van der Waals surface area (Å²) in [5, 5.41) is 21.8. The number of amides is 1. The van der Waals surface area contributed by atoms with Gasteiger partial charge in [-0.3, -0.25) is 4.79 Å². The van der Waals surface area contributed by atoms with E-state index in [4.69, 9.17) is 17.3 Å². The minimum atomic E-state index is -1.58. The Hall–Kier alpha value is -1.08. The molecule has 0 unspecified atom stereocenters. The number of carbonyl (C=O) groups excluding carboxylic acids is 1. The quantitative estimate of drug-likeness (QED) is 0.310. The SMILES string of the molecule is NCCCC[C@H](NC(=O)c1ccc(C23CCC(Cl)(CC2)CC3)cc1)B(O)O. The third kappa shape index (κ3) is 4.68. The molecule has 5 N–H and O–H groups in total. The second-order valence-corrected chi connectivity index (χ2v) is 9.09. The second kappa shape index (κ2) is 8.52. The highest BCUT2D eigenvalue weighted by atomic mass is 35.5. The molecule has 3 aliphatic carbocycles. The van der Waals surface area contributed by atoms with Gasteiger partial charge in [0, 0.05) is 10.4 Å². The number of carbonyl (C=O) groups is 1. The zero-order valence-electron chi connectivity index (χ0n) is 15.8. The van der Waals surface area contributed by atoms with E-state index in [2.05, 4.69) is 17.4 Å². The molecule has 0 aliphatic heterocycles. The Balaban J connectivity index is 1.63. The summed E-state index contributed by atoms with van der Waals surface area (Å²) in [4.78, 5) is 12.5. The molecule has 27 heavy (non-hydrogen) atoms. The normalized spacial score (nSPS) is 28.0. The number of benzene rings is 1. The summed E-state index contributed by atoms with van der Waals surface area (Å²) in [7, 11) is -1.58. The van der Waals surface area contributed by atoms with Gasteiger partial charge in [-0.2, -0.15) is 0 Å². The third-order valence-corrected chi connectivity index (χ3v) is 7.13. The molecule has 0 aromatic heterocycles. The van der Waals surface area contributed by atoms with Crippen LogP contribution in [0, 0.1) is 0 Å². The Morgan fingerprint density at radius 1 is 1.11 bits per heavy atom. The van der Waals surface area contributed by atoms with Crippen LogP contribution in [0.3, 0.4) is 0 Å². The number of hydrogen-bond donors (Lipinski definition) is 4. The van der Waals surface area contributed by atoms with Gasteiger partial charge < -0.3 is 21.1 Å². The van der Waals surface area contributed by atoms with Crippen molar-refractivity contribution in [3.05, 3.63) is 35.4 Å². The highest BCUT2D eigenvalue weighted by Gasteiger charge is 2.48. The van der Waals surface area contributed by atoms with Crippen LogP contribution in [0.15, 0.2) is 24.3 Å². The number of halogens is 1. The highest BCUT2D eigenvalue weighted by molar-refractivity contribution is 6.43. The molecule has 2 bridgehead atoms. The molecule has 4 rings (SSSR count). The van der Waals surface area contributed by atoms with Gasteiger partial charge in [0.25, 0.3) is 5.91 Å². The molecule has 0 saturated heterocycles. The molecule has 3 saturated carbocycles. The van der Waals surface area contributed by atoms with Gasteiger partial charge in [-0.1, -0.05) is 18.6 Å². The van der Waals surface area contributed by atoms with Crippen molar-refractivity contribution in [2.45, 2.75) is 74.0 Å². The smallest absolute Gasteiger partial charge is 0.426 e. The van der Waals surface area contributed by atoms with Gasteiger partial charge in [-0.05, 0) is 81.0 Å². The number of fused-ring (bicyclic) bond motifs is 3. The lowest BCUT2D eigenvalue weighted by Gasteiger charge is -2.51. The second-order valence-electron chi connectivity index (χ2n) is 8.29. The minimum Gasteiger partial charge on any atom is -0.426 e. The van der Waals surface area contributed by atoms with Crippen LogP contribution in [0.5, 0.6) is 0 Å².